The van der Waals surface area contributed by atoms with Gasteiger partial charge in [-0.1, -0.05) is 0 Å². The Kier molecular flexibility index (Phi) is 16.7. The van der Waals surface area contributed by atoms with Crippen molar-refractivity contribution in [3.8, 4) is 0 Å². The van der Waals surface area contributed by atoms with Gasteiger partial charge in [0.05, 0.1) is 0 Å². The highest BCUT2D eigenvalue weighted by molar-refractivity contribution is 6.03. The molecular weight excluding hydrogens is 623 g/mol. The SMILES string of the molecule is CC(C)N=C(NC(C)C)c1ccc(NC(=O)Nc2ccc(NC(=O)Nc3ccc(C(=NC(C)C)NC(C)C)cc3)cc2)cc1.Cl.Cl. The maximum absolute atomic E-state index is 12.6. The minimum Gasteiger partial charge on any atom is -0.368 e. The molecular formula is C34H48Cl2N8O2. The zero-order valence-corrected chi connectivity index (χ0v) is 29.4. The van der Waals surface area contributed by atoms with Gasteiger partial charge in [-0.05, 0) is 128 Å². The van der Waals surface area contributed by atoms with Crippen molar-refractivity contribution in [3.63, 3.8) is 0 Å². The molecule has 3 aromatic rings. The summed E-state index contributed by atoms with van der Waals surface area (Å²) in [5, 5.41) is 18.1. The van der Waals surface area contributed by atoms with Crippen LogP contribution in [0.3, 0.4) is 0 Å². The van der Waals surface area contributed by atoms with Gasteiger partial charge in [-0.3, -0.25) is 9.98 Å². The fourth-order valence-electron chi connectivity index (χ4n) is 4.10. The number of carbonyl (C=O) groups is 2. The van der Waals surface area contributed by atoms with Crippen molar-refractivity contribution in [3.05, 3.63) is 83.9 Å². The number of halogens is 2. The molecule has 12 heteroatoms. The summed E-state index contributed by atoms with van der Waals surface area (Å²) < 4.78 is 0. The van der Waals surface area contributed by atoms with Crippen molar-refractivity contribution in [2.24, 2.45) is 9.98 Å². The molecule has 4 amide bonds. The van der Waals surface area contributed by atoms with E-state index in [4.69, 9.17) is 0 Å². The van der Waals surface area contributed by atoms with E-state index in [2.05, 4.69) is 69.6 Å². The lowest BCUT2D eigenvalue weighted by Gasteiger charge is -2.15. The van der Waals surface area contributed by atoms with E-state index in [-0.39, 0.29) is 61.0 Å². The van der Waals surface area contributed by atoms with Crippen LogP contribution in [0.25, 0.3) is 0 Å². The minimum atomic E-state index is -0.374. The lowest BCUT2D eigenvalue weighted by molar-refractivity contribution is 0.261. The lowest BCUT2D eigenvalue weighted by Crippen LogP contribution is -2.32. The summed E-state index contributed by atoms with van der Waals surface area (Å²) in [6.45, 7) is 16.4. The van der Waals surface area contributed by atoms with Crippen LogP contribution in [0.1, 0.15) is 66.5 Å². The third-order valence-corrected chi connectivity index (χ3v) is 5.86. The molecule has 10 nitrogen and oxygen atoms in total. The summed E-state index contributed by atoms with van der Waals surface area (Å²) in [6, 6.07) is 22.0. The zero-order chi connectivity index (χ0) is 32.2. The molecule has 0 heterocycles. The number of benzene rings is 3. The van der Waals surface area contributed by atoms with Crippen molar-refractivity contribution < 1.29 is 9.59 Å². The van der Waals surface area contributed by atoms with E-state index in [9.17, 15) is 9.59 Å². The predicted octanol–water partition coefficient (Wildman–Crippen LogP) is 8.12. The van der Waals surface area contributed by atoms with Crippen LogP contribution in [-0.2, 0) is 0 Å². The molecule has 0 radical (unpaired) electrons. The van der Waals surface area contributed by atoms with Crippen LogP contribution < -0.4 is 31.9 Å². The van der Waals surface area contributed by atoms with Crippen LogP contribution >= 0.6 is 24.8 Å². The van der Waals surface area contributed by atoms with Crippen molar-refractivity contribution in [2.75, 3.05) is 21.3 Å². The number of nitrogens with zero attached hydrogens (tertiary/aromatic N) is 2. The zero-order valence-electron chi connectivity index (χ0n) is 27.8. The molecule has 0 bridgehead atoms. The number of hydrogen-bond acceptors (Lipinski definition) is 4. The van der Waals surface area contributed by atoms with E-state index >= 15 is 0 Å². The molecule has 0 aromatic heterocycles. The average Bonchev–Trinajstić information content (AvgIpc) is 2.93. The topological polar surface area (TPSA) is 131 Å². The van der Waals surface area contributed by atoms with Crippen LogP contribution in [-0.4, -0.2) is 47.9 Å². The maximum atomic E-state index is 12.6. The number of amides is 4. The van der Waals surface area contributed by atoms with Crippen LogP contribution in [0.2, 0.25) is 0 Å². The molecule has 0 unspecified atom stereocenters. The number of aliphatic imine (C=N–C) groups is 2. The van der Waals surface area contributed by atoms with Gasteiger partial charge < -0.3 is 31.9 Å². The summed E-state index contributed by atoms with van der Waals surface area (Å²) in [5.74, 6) is 1.65. The number of rotatable bonds is 10. The molecule has 0 spiro atoms. The Morgan fingerprint density at radius 1 is 0.457 bits per heavy atom. The first-order valence-electron chi connectivity index (χ1n) is 15.0. The van der Waals surface area contributed by atoms with Gasteiger partial charge in [0.15, 0.2) is 0 Å². The van der Waals surface area contributed by atoms with Gasteiger partial charge in [0, 0.05) is 58.0 Å². The van der Waals surface area contributed by atoms with Gasteiger partial charge in [-0.2, -0.15) is 0 Å². The van der Waals surface area contributed by atoms with Gasteiger partial charge in [-0.15, -0.1) is 24.8 Å². The molecule has 250 valence electrons. The fourth-order valence-corrected chi connectivity index (χ4v) is 4.10. The molecule has 3 aromatic carbocycles. The quantitative estimate of drug-likeness (QED) is 0.0960. The third kappa shape index (κ3) is 13.8. The van der Waals surface area contributed by atoms with E-state index in [1.165, 1.54) is 0 Å². The summed E-state index contributed by atoms with van der Waals surface area (Å²) in [5.41, 5.74) is 4.38. The van der Waals surface area contributed by atoms with Gasteiger partial charge in [-0.25, -0.2) is 9.59 Å². The highest BCUT2D eigenvalue weighted by atomic mass is 35.5. The standard InChI is InChI=1S/C34H46N8O2.2ClH/c1-21(2)35-31(36-22(3)4)25-9-13-27(14-10-25)39-33(43)41-29-17-19-30(20-18-29)42-34(44)40-28-15-11-26(12-16-28)32(37-23(5)6)38-24(7)8;;/h9-24H,1-8H3,(H,35,36)(H,37,38)(H2,39,41,43)(H2,40,42,44);2*1H. The second-order valence-corrected chi connectivity index (χ2v) is 11.6. The summed E-state index contributed by atoms with van der Waals surface area (Å²) in [7, 11) is 0. The summed E-state index contributed by atoms with van der Waals surface area (Å²) in [6.07, 6.45) is 0. The Hall–Kier alpha value is -4.28. The maximum Gasteiger partial charge on any atom is 0.323 e. The molecule has 0 saturated carbocycles. The fraction of sp³-hybridized carbons (Fsp3) is 0.353. The second-order valence-electron chi connectivity index (χ2n) is 11.6. The molecule has 0 saturated heterocycles. The number of nitrogens with one attached hydrogen (secondary N) is 6. The second kappa shape index (κ2) is 19.3. The lowest BCUT2D eigenvalue weighted by atomic mass is 10.1. The molecule has 6 N–H and O–H groups in total. The molecule has 0 aliphatic heterocycles. The molecule has 0 aliphatic rings. The monoisotopic (exact) mass is 670 g/mol. The Bertz CT molecular complexity index is 1330. The largest absolute Gasteiger partial charge is 0.368 e. The minimum absolute atomic E-state index is 0. The highest BCUT2D eigenvalue weighted by Crippen LogP contribution is 2.17. The Balaban J connectivity index is 0.00000529. The van der Waals surface area contributed by atoms with Gasteiger partial charge in [0.2, 0.25) is 0 Å². The smallest absolute Gasteiger partial charge is 0.323 e. The van der Waals surface area contributed by atoms with Crippen molar-refractivity contribution in [1.82, 2.24) is 10.6 Å². The number of urea groups is 2. The Morgan fingerprint density at radius 2 is 0.696 bits per heavy atom. The van der Waals surface area contributed by atoms with E-state index < -0.39 is 0 Å². The molecule has 0 aliphatic carbocycles. The Labute approximate surface area is 285 Å². The van der Waals surface area contributed by atoms with Crippen LogP contribution in [0.5, 0.6) is 0 Å². The number of amidine groups is 2. The van der Waals surface area contributed by atoms with Crippen molar-refractivity contribution in [1.29, 1.82) is 0 Å². The third-order valence-electron chi connectivity index (χ3n) is 5.86. The summed E-state index contributed by atoms with van der Waals surface area (Å²) >= 11 is 0. The molecule has 3 rings (SSSR count). The molecule has 0 atom stereocenters. The number of anilines is 4. The van der Waals surface area contributed by atoms with Crippen LogP contribution in [0.4, 0.5) is 32.3 Å². The van der Waals surface area contributed by atoms with Gasteiger partial charge >= 0.3 is 12.1 Å². The van der Waals surface area contributed by atoms with E-state index in [1.54, 1.807) is 24.3 Å². The average molecular weight is 672 g/mol. The van der Waals surface area contributed by atoms with Crippen LogP contribution in [0, 0.1) is 0 Å². The predicted molar refractivity (Wildman–Crippen MR) is 199 cm³/mol. The van der Waals surface area contributed by atoms with E-state index in [0.29, 0.717) is 22.7 Å². The molecule has 46 heavy (non-hydrogen) atoms. The first-order chi connectivity index (χ1) is 20.9. The normalized spacial score (nSPS) is 11.5. The number of hydrogen-bond donors (Lipinski definition) is 6. The molecule has 0 fully saturated rings. The first-order valence-corrected chi connectivity index (χ1v) is 15.0. The van der Waals surface area contributed by atoms with Crippen molar-refractivity contribution >= 4 is 71.3 Å². The van der Waals surface area contributed by atoms with Crippen molar-refractivity contribution in [2.45, 2.75) is 79.6 Å². The van der Waals surface area contributed by atoms with Gasteiger partial charge in [0.25, 0.3) is 0 Å². The highest BCUT2D eigenvalue weighted by Gasteiger charge is 2.10. The van der Waals surface area contributed by atoms with E-state index in [0.717, 1.165) is 22.8 Å². The van der Waals surface area contributed by atoms with Gasteiger partial charge in [0.1, 0.15) is 11.7 Å². The summed E-state index contributed by atoms with van der Waals surface area (Å²) in [4.78, 5) is 34.5. The first kappa shape index (κ1) is 39.7. The van der Waals surface area contributed by atoms with Crippen LogP contribution in [0.15, 0.2) is 82.8 Å². The Morgan fingerprint density at radius 3 is 0.913 bits per heavy atom. The van der Waals surface area contributed by atoms with E-state index in [1.807, 2.05) is 76.2 Å². The number of carbonyl (C=O) groups excluding carboxylic acids is 2.